The molecule has 1 N–H and O–H groups in total. The van der Waals surface area contributed by atoms with Gasteiger partial charge in [-0.15, -0.1) is 0 Å². The lowest BCUT2D eigenvalue weighted by atomic mass is 10.1. The van der Waals surface area contributed by atoms with Gasteiger partial charge < -0.3 is 5.32 Å². The van der Waals surface area contributed by atoms with Crippen LogP contribution in [-0.2, 0) is 0 Å². The van der Waals surface area contributed by atoms with E-state index in [0.717, 1.165) is 22.5 Å². The van der Waals surface area contributed by atoms with Crippen LogP contribution in [0.4, 0.5) is 11.5 Å². The molecule has 0 atom stereocenters. The highest BCUT2D eigenvalue weighted by Gasteiger charge is 2.18. The zero-order valence-electron chi connectivity index (χ0n) is 15.0. The highest BCUT2D eigenvalue weighted by atomic mass is 127. The molecule has 0 fully saturated rings. The molecule has 3 rings (SSSR count). The Labute approximate surface area is 169 Å². The summed E-state index contributed by atoms with van der Waals surface area (Å²) in [5, 5.41) is 18.3. The molecule has 0 spiro atoms. The molecular formula is C19H17IN4O3. The smallest absolute Gasteiger partial charge is 0.270 e. The van der Waals surface area contributed by atoms with Crippen molar-refractivity contribution >= 4 is 40.0 Å². The summed E-state index contributed by atoms with van der Waals surface area (Å²) in [7, 11) is 0. The molecule has 8 heteroatoms. The molecular weight excluding hydrogens is 459 g/mol. The first kappa shape index (κ1) is 19.0. The molecule has 0 aliphatic rings. The molecule has 0 unspecified atom stereocenters. The summed E-state index contributed by atoms with van der Waals surface area (Å²) in [6, 6.07) is 12.0. The van der Waals surface area contributed by atoms with Crippen LogP contribution < -0.4 is 5.32 Å². The maximum absolute atomic E-state index is 12.8. The lowest BCUT2D eigenvalue weighted by Gasteiger charge is -2.11. The van der Waals surface area contributed by atoms with E-state index in [2.05, 4.69) is 16.5 Å². The summed E-state index contributed by atoms with van der Waals surface area (Å²) in [5.41, 5.74) is 3.88. The van der Waals surface area contributed by atoms with Crippen molar-refractivity contribution in [3.8, 4) is 5.69 Å². The second-order valence-electron chi connectivity index (χ2n) is 6.30. The van der Waals surface area contributed by atoms with Crippen molar-refractivity contribution in [1.82, 2.24) is 9.78 Å². The highest BCUT2D eigenvalue weighted by Crippen LogP contribution is 2.23. The van der Waals surface area contributed by atoms with E-state index in [1.54, 1.807) is 16.8 Å². The molecule has 1 amide bonds. The van der Waals surface area contributed by atoms with Gasteiger partial charge in [0.05, 0.1) is 21.9 Å². The van der Waals surface area contributed by atoms with Gasteiger partial charge in [0.1, 0.15) is 5.82 Å². The number of nitrogens with zero attached hydrogens (tertiary/aromatic N) is 3. The molecule has 1 aromatic heterocycles. The first-order valence-electron chi connectivity index (χ1n) is 8.15. The van der Waals surface area contributed by atoms with Gasteiger partial charge in [-0.2, -0.15) is 5.10 Å². The van der Waals surface area contributed by atoms with Crippen LogP contribution in [0.2, 0.25) is 0 Å². The summed E-state index contributed by atoms with van der Waals surface area (Å²) in [6.07, 6.45) is 0. The topological polar surface area (TPSA) is 90.1 Å². The summed E-state index contributed by atoms with van der Waals surface area (Å²) < 4.78 is 2.29. The number of aromatic nitrogens is 2. The van der Waals surface area contributed by atoms with Crippen molar-refractivity contribution in [1.29, 1.82) is 0 Å². The Balaban J connectivity index is 1.98. The Morgan fingerprint density at radius 2 is 1.78 bits per heavy atom. The number of benzene rings is 2. The Hall–Kier alpha value is -2.75. The number of nitro groups is 1. The minimum absolute atomic E-state index is 0.125. The largest absolute Gasteiger partial charge is 0.306 e. The summed E-state index contributed by atoms with van der Waals surface area (Å²) >= 11 is 1.99. The van der Waals surface area contributed by atoms with E-state index < -0.39 is 10.8 Å². The lowest BCUT2D eigenvalue weighted by Crippen LogP contribution is -2.16. The third-order valence-corrected chi connectivity index (χ3v) is 4.87. The van der Waals surface area contributed by atoms with Crippen LogP contribution in [0.25, 0.3) is 5.69 Å². The van der Waals surface area contributed by atoms with Gasteiger partial charge in [0, 0.05) is 21.8 Å². The van der Waals surface area contributed by atoms with E-state index in [-0.39, 0.29) is 11.3 Å². The van der Waals surface area contributed by atoms with E-state index in [1.807, 2.05) is 55.5 Å². The Morgan fingerprint density at radius 3 is 2.41 bits per heavy atom. The van der Waals surface area contributed by atoms with Crippen molar-refractivity contribution in [3.63, 3.8) is 0 Å². The summed E-state index contributed by atoms with van der Waals surface area (Å²) in [4.78, 5) is 23.2. The quantitative estimate of drug-likeness (QED) is 0.340. The third-order valence-electron chi connectivity index (χ3n) is 3.93. The number of carbonyl (C=O) groups is 1. The Bertz CT molecular complexity index is 1040. The summed E-state index contributed by atoms with van der Waals surface area (Å²) in [6.45, 7) is 5.83. The number of nitro benzene ring substituents is 1. The van der Waals surface area contributed by atoms with Crippen molar-refractivity contribution < 1.29 is 9.72 Å². The van der Waals surface area contributed by atoms with E-state index in [1.165, 1.54) is 12.1 Å². The van der Waals surface area contributed by atoms with Crippen LogP contribution in [0.15, 0.2) is 42.5 Å². The molecule has 1 heterocycles. The number of nitrogens with one attached hydrogen (secondary N) is 1. The van der Waals surface area contributed by atoms with Crippen molar-refractivity contribution in [2.45, 2.75) is 20.8 Å². The number of non-ortho nitro benzene ring substituents is 1. The van der Waals surface area contributed by atoms with Crippen LogP contribution in [0.5, 0.6) is 0 Å². The van der Waals surface area contributed by atoms with Crippen LogP contribution in [0.3, 0.4) is 0 Å². The van der Waals surface area contributed by atoms with Crippen LogP contribution in [0.1, 0.15) is 27.2 Å². The molecule has 0 bridgehead atoms. The molecule has 0 aliphatic carbocycles. The standard InChI is InChI=1S/C19H17IN4O3/c1-11-6-12(2)8-15(7-11)23-18(9-13(3)22-23)21-19(25)16-10-14(24(26)27)4-5-17(16)20/h4-10H,1-3H3,(H,21,25). The maximum Gasteiger partial charge on any atom is 0.270 e. The fourth-order valence-corrected chi connectivity index (χ4v) is 3.42. The number of anilines is 1. The van der Waals surface area contributed by atoms with Crippen LogP contribution in [0, 0.1) is 34.5 Å². The third kappa shape index (κ3) is 4.16. The van der Waals surface area contributed by atoms with E-state index in [9.17, 15) is 14.9 Å². The van der Waals surface area contributed by atoms with Crippen LogP contribution >= 0.6 is 22.6 Å². The van der Waals surface area contributed by atoms with Crippen molar-refractivity contribution in [2.24, 2.45) is 0 Å². The van der Waals surface area contributed by atoms with Gasteiger partial charge >= 0.3 is 0 Å². The fraction of sp³-hybridized carbons (Fsp3) is 0.158. The first-order valence-corrected chi connectivity index (χ1v) is 9.23. The number of amides is 1. The number of aryl methyl sites for hydroxylation is 3. The van der Waals surface area contributed by atoms with Gasteiger partial charge in [0.15, 0.2) is 0 Å². The number of rotatable bonds is 4. The highest BCUT2D eigenvalue weighted by molar-refractivity contribution is 14.1. The fourth-order valence-electron chi connectivity index (χ4n) is 2.84. The second-order valence-corrected chi connectivity index (χ2v) is 7.47. The number of hydrogen-bond donors (Lipinski definition) is 1. The zero-order valence-corrected chi connectivity index (χ0v) is 17.1. The normalized spacial score (nSPS) is 10.7. The molecule has 27 heavy (non-hydrogen) atoms. The zero-order chi connectivity index (χ0) is 19.7. The van der Waals surface area contributed by atoms with Gasteiger partial charge in [-0.1, -0.05) is 6.07 Å². The average Bonchev–Trinajstić information content (AvgIpc) is 2.94. The number of halogens is 1. The predicted molar refractivity (Wildman–Crippen MR) is 112 cm³/mol. The monoisotopic (exact) mass is 476 g/mol. The van der Waals surface area contributed by atoms with Gasteiger partial charge in [0.2, 0.25) is 0 Å². The Morgan fingerprint density at radius 1 is 1.11 bits per heavy atom. The molecule has 0 saturated carbocycles. The summed E-state index contributed by atoms with van der Waals surface area (Å²) in [5.74, 6) is 0.0819. The van der Waals surface area contributed by atoms with Crippen molar-refractivity contribution in [2.75, 3.05) is 5.32 Å². The first-order chi connectivity index (χ1) is 12.7. The molecule has 3 aromatic rings. The SMILES string of the molecule is Cc1cc(C)cc(-n2nc(C)cc2NC(=O)c2cc([N+](=O)[O-])ccc2I)c1. The molecule has 0 aliphatic heterocycles. The second kappa shape index (κ2) is 7.47. The molecule has 7 nitrogen and oxygen atoms in total. The van der Waals surface area contributed by atoms with E-state index in [4.69, 9.17) is 0 Å². The molecule has 0 radical (unpaired) electrons. The number of hydrogen-bond acceptors (Lipinski definition) is 4. The molecule has 2 aromatic carbocycles. The molecule has 0 saturated heterocycles. The van der Waals surface area contributed by atoms with Gasteiger partial charge in [-0.05, 0) is 72.7 Å². The average molecular weight is 476 g/mol. The predicted octanol–water partition coefficient (Wildman–Crippen LogP) is 4.56. The Kier molecular flexibility index (Phi) is 5.26. The number of carbonyl (C=O) groups excluding carboxylic acids is 1. The lowest BCUT2D eigenvalue weighted by molar-refractivity contribution is -0.384. The molecule has 138 valence electrons. The van der Waals surface area contributed by atoms with Gasteiger partial charge in [0.25, 0.3) is 11.6 Å². The minimum atomic E-state index is -0.517. The van der Waals surface area contributed by atoms with Crippen molar-refractivity contribution in [3.05, 3.63) is 78.5 Å². The maximum atomic E-state index is 12.8. The minimum Gasteiger partial charge on any atom is -0.306 e. The van der Waals surface area contributed by atoms with Gasteiger partial charge in [-0.3, -0.25) is 14.9 Å². The van der Waals surface area contributed by atoms with Gasteiger partial charge in [-0.25, -0.2) is 4.68 Å². The van der Waals surface area contributed by atoms with Crippen LogP contribution in [-0.4, -0.2) is 20.6 Å². The van der Waals surface area contributed by atoms with E-state index >= 15 is 0 Å². The van der Waals surface area contributed by atoms with E-state index in [0.29, 0.717) is 9.39 Å².